The predicted molar refractivity (Wildman–Crippen MR) is 113 cm³/mol. The molecule has 148 valence electrons. The molecule has 1 amide bonds. The van der Waals surface area contributed by atoms with E-state index in [-0.39, 0.29) is 5.91 Å². The number of halogens is 1. The van der Waals surface area contributed by atoms with E-state index in [1.165, 1.54) is 24.1 Å². The number of hydrogen-bond acceptors (Lipinski definition) is 4. The summed E-state index contributed by atoms with van der Waals surface area (Å²) < 4.78 is 0. The van der Waals surface area contributed by atoms with E-state index in [1.54, 1.807) is 6.92 Å². The molecular formula is C22H27ClN4O. The summed E-state index contributed by atoms with van der Waals surface area (Å²) in [6.45, 7) is 4.26. The Kier molecular flexibility index (Phi) is 5.81. The largest absolute Gasteiger partial charge is 0.356 e. The molecule has 0 spiro atoms. The number of anilines is 1. The number of nitrogens with one attached hydrogen (secondary N) is 1. The molecule has 0 saturated carbocycles. The number of rotatable bonds is 4. The SMILES string of the molecule is CC(=O)NCC1CCCN(c2nc(-c3cccc(Cl)c3)nc3c2CCCC3)C1. The van der Waals surface area contributed by atoms with Crippen molar-refractivity contribution in [1.29, 1.82) is 0 Å². The third-order valence-corrected chi connectivity index (χ3v) is 5.94. The van der Waals surface area contributed by atoms with E-state index in [0.717, 1.165) is 62.5 Å². The lowest BCUT2D eigenvalue weighted by Crippen LogP contribution is -2.41. The maximum absolute atomic E-state index is 11.3. The average Bonchev–Trinajstić information content (AvgIpc) is 2.71. The van der Waals surface area contributed by atoms with Crippen molar-refractivity contribution < 1.29 is 4.79 Å². The van der Waals surface area contributed by atoms with Gasteiger partial charge >= 0.3 is 0 Å². The number of aryl methyl sites for hydroxylation is 1. The molecule has 0 radical (unpaired) electrons. The molecule has 28 heavy (non-hydrogen) atoms. The summed E-state index contributed by atoms with van der Waals surface area (Å²) in [7, 11) is 0. The zero-order chi connectivity index (χ0) is 19.5. The maximum Gasteiger partial charge on any atom is 0.216 e. The minimum Gasteiger partial charge on any atom is -0.356 e. The molecule has 2 aliphatic rings. The Bertz CT molecular complexity index is 870. The molecule has 5 nitrogen and oxygen atoms in total. The summed E-state index contributed by atoms with van der Waals surface area (Å²) >= 11 is 6.21. The second kappa shape index (κ2) is 8.48. The first-order chi connectivity index (χ1) is 13.6. The van der Waals surface area contributed by atoms with Gasteiger partial charge in [-0.1, -0.05) is 23.7 Å². The van der Waals surface area contributed by atoms with Gasteiger partial charge in [0.2, 0.25) is 5.91 Å². The van der Waals surface area contributed by atoms with Crippen LogP contribution >= 0.6 is 11.6 Å². The second-order valence-corrected chi connectivity index (χ2v) is 8.34. The summed E-state index contributed by atoms with van der Waals surface area (Å²) in [6.07, 6.45) is 6.71. The van der Waals surface area contributed by atoms with Gasteiger partial charge in [-0.3, -0.25) is 4.79 Å². The summed E-state index contributed by atoms with van der Waals surface area (Å²) in [5.74, 6) is 2.36. The molecule has 1 aromatic heterocycles. The van der Waals surface area contributed by atoms with Gasteiger partial charge < -0.3 is 10.2 Å². The molecule has 1 aliphatic heterocycles. The molecule has 1 saturated heterocycles. The standard InChI is InChI=1S/C22H27ClN4O/c1-15(28)24-13-16-6-5-11-27(14-16)22-19-9-2-3-10-20(19)25-21(26-22)17-7-4-8-18(23)12-17/h4,7-8,12,16H,2-3,5-6,9-11,13-14H2,1H3,(H,24,28). The third kappa shape index (κ3) is 4.30. The molecule has 6 heteroatoms. The van der Waals surface area contributed by atoms with E-state index in [9.17, 15) is 4.79 Å². The average molecular weight is 399 g/mol. The summed E-state index contributed by atoms with van der Waals surface area (Å²) in [5.41, 5.74) is 3.47. The lowest BCUT2D eigenvalue weighted by Gasteiger charge is -2.36. The first-order valence-electron chi connectivity index (χ1n) is 10.3. The van der Waals surface area contributed by atoms with Crippen LogP contribution in [-0.2, 0) is 17.6 Å². The van der Waals surface area contributed by atoms with Crippen molar-refractivity contribution in [2.24, 2.45) is 5.92 Å². The minimum absolute atomic E-state index is 0.0415. The highest BCUT2D eigenvalue weighted by molar-refractivity contribution is 6.30. The summed E-state index contributed by atoms with van der Waals surface area (Å²) in [6, 6.07) is 7.79. The number of carbonyl (C=O) groups excluding carboxylic acids is 1. The van der Waals surface area contributed by atoms with Crippen LogP contribution < -0.4 is 10.2 Å². The summed E-state index contributed by atoms with van der Waals surface area (Å²) in [5, 5.41) is 3.68. The van der Waals surface area contributed by atoms with Crippen molar-refractivity contribution in [2.75, 3.05) is 24.5 Å². The number of piperidine rings is 1. The van der Waals surface area contributed by atoms with Gasteiger partial charge in [0, 0.05) is 48.4 Å². The van der Waals surface area contributed by atoms with E-state index in [0.29, 0.717) is 10.9 Å². The van der Waals surface area contributed by atoms with Gasteiger partial charge in [-0.2, -0.15) is 0 Å². The van der Waals surface area contributed by atoms with E-state index >= 15 is 0 Å². The fraction of sp³-hybridized carbons (Fsp3) is 0.500. The fourth-order valence-corrected chi connectivity index (χ4v) is 4.49. The molecule has 2 aromatic rings. The molecule has 1 N–H and O–H groups in total. The first-order valence-corrected chi connectivity index (χ1v) is 10.6. The summed E-state index contributed by atoms with van der Waals surface area (Å²) in [4.78, 5) is 23.6. The Morgan fingerprint density at radius 1 is 1.25 bits per heavy atom. The predicted octanol–water partition coefficient (Wildman–Crippen LogP) is 4.03. The maximum atomic E-state index is 11.3. The van der Waals surface area contributed by atoms with E-state index in [1.807, 2.05) is 24.3 Å². The smallest absolute Gasteiger partial charge is 0.216 e. The topological polar surface area (TPSA) is 58.1 Å². The molecule has 1 aromatic carbocycles. The van der Waals surface area contributed by atoms with Crippen LogP contribution in [0, 0.1) is 5.92 Å². The number of aromatic nitrogens is 2. The van der Waals surface area contributed by atoms with E-state index in [4.69, 9.17) is 21.6 Å². The number of carbonyl (C=O) groups is 1. The molecule has 1 unspecified atom stereocenters. The van der Waals surface area contributed by atoms with Crippen molar-refractivity contribution in [3.05, 3.63) is 40.5 Å². The Morgan fingerprint density at radius 2 is 2.11 bits per heavy atom. The quantitative estimate of drug-likeness (QED) is 0.844. The van der Waals surface area contributed by atoms with Gasteiger partial charge in [0.15, 0.2) is 5.82 Å². The van der Waals surface area contributed by atoms with Crippen LogP contribution in [-0.4, -0.2) is 35.5 Å². The van der Waals surface area contributed by atoms with Gasteiger partial charge in [-0.05, 0) is 56.6 Å². The number of nitrogens with zero attached hydrogens (tertiary/aromatic N) is 3. The van der Waals surface area contributed by atoms with Crippen LogP contribution in [0.25, 0.3) is 11.4 Å². The van der Waals surface area contributed by atoms with Crippen molar-refractivity contribution in [3.63, 3.8) is 0 Å². The van der Waals surface area contributed by atoms with Crippen LogP contribution in [0.5, 0.6) is 0 Å². The van der Waals surface area contributed by atoms with Gasteiger partial charge in [0.05, 0.1) is 0 Å². The number of benzene rings is 1. The van der Waals surface area contributed by atoms with Gasteiger partial charge in [0.25, 0.3) is 0 Å². The van der Waals surface area contributed by atoms with Crippen LogP contribution in [0.4, 0.5) is 5.82 Å². The first kappa shape index (κ1) is 19.2. The minimum atomic E-state index is 0.0415. The van der Waals surface area contributed by atoms with Crippen LogP contribution in [0.1, 0.15) is 43.9 Å². The van der Waals surface area contributed by atoms with Gasteiger partial charge in [-0.25, -0.2) is 9.97 Å². The van der Waals surface area contributed by atoms with E-state index in [2.05, 4.69) is 10.2 Å². The third-order valence-electron chi connectivity index (χ3n) is 5.70. The molecule has 4 rings (SSSR count). The number of hydrogen-bond donors (Lipinski definition) is 1. The highest BCUT2D eigenvalue weighted by Gasteiger charge is 2.26. The van der Waals surface area contributed by atoms with Gasteiger partial charge in [-0.15, -0.1) is 0 Å². The van der Waals surface area contributed by atoms with Crippen molar-refractivity contribution in [3.8, 4) is 11.4 Å². The number of fused-ring (bicyclic) bond motifs is 1. The highest BCUT2D eigenvalue weighted by atomic mass is 35.5. The lowest BCUT2D eigenvalue weighted by atomic mass is 9.93. The van der Waals surface area contributed by atoms with Crippen molar-refractivity contribution >= 4 is 23.3 Å². The van der Waals surface area contributed by atoms with Crippen LogP contribution in [0.15, 0.2) is 24.3 Å². The normalized spacial score (nSPS) is 19.2. The molecule has 1 aliphatic carbocycles. The van der Waals surface area contributed by atoms with Crippen molar-refractivity contribution in [1.82, 2.24) is 15.3 Å². The Balaban J connectivity index is 1.67. The molecule has 1 fully saturated rings. The Morgan fingerprint density at radius 3 is 2.93 bits per heavy atom. The van der Waals surface area contributed by atoms with E-state index < -0.39 is 0 Å². The molecule has 1 atom stereocenters. The lowest BCUT2D eigenvalue weighted by molar-refractivity contribution is -0.119. The molecule has 0 bridgehead atoms. The monoisotopic (exact) mass is 398 g/mol. The Hall–Kier alpha value is -2.14. The molecule has 2 heterocycles. The second-order valence-electron chi connectivity index (χ2n) is 7.90. The Labute approximate surface area is 171 Å². The highest BCUT2D eigenvalue weighted by Crippen LogP contribution is 2.33. The fourth-order valence-electron chi connectivity index (χ4n) is 4.30. The zero-order valence-corrected chi connectivity index (χ0v) is 17.1. The van der Waals surface area contributed by atoms with Crippen LogP contribution in [0.3, 0.4) is 0 Å². The molecular weight excluding hydrogens is 372 g/mol. The van der Waals surface area contributed by atoms with Gasteiger partial charge in [0.1, 0.15) is 5.82 Å². The number of amides is 1. The zero-order valence-electron chi connectivity index (χ0n) is 16.4. The van der Waals surface area contributed by atoms with Crippen LogP contribution in [0.2, 0.25) is 5.02 Å². The van der Waals surface area contributed by atoms with Crippen molar-refractivity contribution in [2.45, 2.75) is 45.4 Å².